The number of halogens is 3. The molecule has 0 bridgehead atoms. The smallest absolute Gasteiger partial charge is 0.372 e. The lowest BCUT2D eigenvalue weighted by atomic mass is 9.95. The van der Waals surface area contributed by atoms with Gasteiger partial charge in [0.05, 0.1) is 12.5 Å². The first-order valence-corrected chi connectivity index (χ1v) is 7.18. The van der Waals surface area contributed by atoms with Crippen molar-refractivity contribution in [3.05, 3.63) is 11.7 Å². The van der Waals surface area contributed by atoms with E-state index >= 15 is 0 Å². The van der Waals surface area contributed by atoms with E-state index in [-0.39, 0.29) is 25.0 Å². The van der Waals surface area contributed by atoms with E-state index in [0.29, 0.717) is 11.7 Å². The topological polar surface area (TPSA) is 74.2 Å². The first kappa shape index (κ1) is 16.2. The number of nitrogens with zero attached hydrogens (tertiary/aromatic N) is 2. The molecule has 5 nitrogen and oxygen atoms in total. The zero-order chi connectivity index (χ0) is 15.3. The number of alkyl halides is 3. The van der Waals surface area contributed by atoms with Crippen molar-refractivity contribution in [2.45, 2.75) is 56.7 Å². The molecule has 2 unspecified atom stereocenters. The van der Waals surface area contributed by atoms with Crippen LogP contribution in [0.4, 0.5) is 13.2 Å². The summed E-state index contributed by atoms with van der Waals surface area (Å²) in [5.41, 5.74) is 6.11. The number of nitrogens with two attached hydrogens (primary N) is 1. The second-order valence-corrected chi connectivity index (χ2v) is 5.37. The second-order valence-electron chi connectivity index (χ2n) is 5.37. The summed E-state index contributed by atoms with van der Waals surface area (Å²) in [6, 6.07) is 0.00211. The average molecular weight is 307 g/mol. The summed E-state index contributed by atoms with van der Waals surface area (Å²) < 4.78 is 45.5. The Morgan fingerprint density at radius 1 is 1.24 bits per heavy atom. The molecule has 120 valence electrons. The summed E-state index contributed by atoms with van der Waals surface area (Å²) in [4.78, 5) is 4.24. The van der Waals surface area contributed by atoms with Crippen LogP contribution < -0.4 is 5.73 Å². The summed E-state index contributed by atoms with van der Waals surface area (Å²) in [6.45, 7) is -1.35. The van der Waals surface area contributed by atoms with Crippen molar-refractivity contribution in [2.24, 2.45) is 5.73 Å². The Morgan fingerprint density at radius 2 is 2.00 bits per heavy atom. The van der Waals surface area contributed by atoms with Crippen molar-refractivity contribution >= 4 is 0 Å². The Morgan fingerprint density at radius 3 is 2.76 bits per heavy atom. The van der Waals surface area contributed by atoms with E-state index in [2.05, 4.69) is 14.9 Å². The Labute approximate surface area is 121 Å². The lowest BCUT2D eigenvalue weighted by Crippen LogP contribution is -2.27. The fourth-order valence-corrected chi connectivity index (χ4v) is 2.51. The van der Waals surface area contributed by atoms with Gasteiger partial charge in [-0.15, -0.1) is 0 Å². The first-order chi connectivity index (χ1) is 9.96. The Balaban J connectivity index is 1.83. The van der Waals surface area contributed by atoms with Crippen molar-refractivity contribution in [2.75, 3.05) is 13.2 Å². The molecule has 8 heteroatoms. The number of hydrogen-bond acceptors (Lipinski definition) is 5. The van der Waals surface area contributed by atoms with Gasteiger partial charge in [-0.2, -0.15) is 18.2 Å². The van der Waals surface area contributed by atoms with Gasteiger partial charge in [0.2, 0.25) is 5.89 Å². The summed E-state index contributed by atoms with van der Waals surface area (Å²) in [5, 5.41) is 3.79. The van der Waals surface area contributed by atoms with Crippen LogP contribution in [0.5, 0.6) is 0 Å². The molecule has 1 saturated carbocycles. The van der Waals surface area contributed by atoms with Crippen LogP contribution in [-0.4, -0.2) is 35.6 Å². The van der Waals surface area contributed by atoms with E-state index in [0.717, 1.165) is 32.1 Å². The minimum Gasteiger partial charge on any atom is -0.372 e. The quantitative estimate of drug-likeness (QED) is 0.668. The molecule has 0 amide bonds. The molecular formula is C13H20F3N3O2. The predicted molar refractivity (Wildman–Crippen MR) is 68.7 cm³/mol. The van der Waals surface area contributed by atoms with Crippen molar-refractivity contribution in [1.29, 1.82) is 0 Å². The van der Waals surface area contributed by atoms with Crippen LogP contribution in [0, 0.1) is 0 Å². The third kappa shape index (κ3) is 5.28. The minimum absolute atomic E-state index is 0.00211. The summed E-state index contributed by atoms with van der Waals surface area (Å²) in [7, 11) is 0. The molecule has 0 saturated heterocycles. The highest BCUT2D eigenvalue weighted by Gasteiger charge is 2.28. The fourth-order valence-electron chi connectivity index (χ4n) is 2.51. The predicted octanol–water partition coefficient (Wildman–Crippen LogP) is 2.57. The summed E-state index contributed by atoms with van der Waals surface area (Å²) in [5.74, 6) is 0.906. The lowest BCUT2D eigenvalue weighted by Gasteiger charge is -2.16. The maximum atomic E-state index is 11.9. The number of hydrogen-bond donors (Lipinski definition) is 1. The van der Waals surface area contributed by atoms with Gasteiger partial charge in [-0.05, 0) is 12.8 Å². The highest BCUT2D eigenvalue weighted by atomic mass is 19.4. The standard InChI is InChI=1S/C13H20F3N3O2/c14-13(15,16)8-20-7-6-11-18-12(21-19-11)9-4-2-1-3-5-10(9)17/h9-10H,1-8,17H2. The van der Waals surface area contributed by atoms with Crippen LogP contribution >= 0.6 is 0 Å². The molecular weight excluding hydrogens is 287 g/mol. The highest BCUT2D eigenvalue weighted by molar-refractivity contribution is 4.99. The second kappa shape index (κ2) is 7.22. The molecule has 0 radical (unpaired) electrons. The van der Waals surface area contributed by atoms with E-state index in [4.69, 9.17) is 10.3 Å². The molecule has 0 spiro atoms. The highest BCUT2D eigenvalue weighted by Crippen LogP contribution is 2.29. The normalized spacial score (nSPS) is 24.0. The van der Waals surface area contributed by atoms with Crippen LogP contribution in [0.15, 0.2) is 4.52 Å². The van der Waals surface area contributed by atoms with Gasteiger partial charge < -0.3 is 15.0 Å². The van der Waals surface area contributed by atoms with Crippen molar-refractivity contribution in [3.63, 3.8) is 0 Å². The first-order valence-electron chi connectivity index (χ1n) is 7.18. The van der Waals surface area contributed by atoms with Crippen molar-refractivity contribution < 1.29 is 22.4 Å². The van der Waals surface area contributed by atoms with Crippen molar-refractivity contribution in [3.8, 4) is 0 Å². The molecule has 1 aromatic rings. The molecule has 1 fully saturated rings. The zero-order valence-corrected chi connectivity index (χ0v) is 11.7. The third-order valence-corrected chi connectivity index (χ3v) is 3.61. The van der Waals surface area contributed by atoms with E-state index < -0.39 is 12.8 Å². The fraction of sp³-hybridized carbons (Fsp3) is 0.846. The molecule has 0 aromatic carbocycles. The van der Waals surface area contributed by atoms with Gasteiger partial charge >= 0.3 is 6.18 Å². The average Bonchev–Trinajstić information content (AvgIpc) is 2.76. The Kier molecular flexibility index (Phi) is 5.58. The van der Waals surface area contributed by atoms with Gasteiger partial charge in [0, 0.05) is 12.5 Å². The van der Waals surface area contributed by atoms with E-state index in [1.54, 1.807) is 0 Å². The van der Waals surface area contributed by atoms with Crippen LogP contribution in [0.1, 0.15) is 49.7 Å². The van der Waals surface area contributed by atoms with Gasteiger partial charge in [-0.3, -0.25) is 0 Å². The van der Waals surface area contributed by atoms with Crippen LogP contribution in [0.3, 0.4) is 0 Å². The number of ether oxygens (including phenoxy) is 1. The molecule has 21 heavy (non-hydrogen) atoms. The van der Waals surface area contributed by atoms with E-state index in [9.17, 15) is 13.2 Å². The molecule has 2 atom stereocenters. The van der Waals surface area contributed by atoms with Gasteiger partial charge in [0.1, 0.15) is 6.61 Å². The maximum absolute atomic E-state index is 11.9. The summed E-state index contributed by atoms with van der Waals surface area (Å²) in [6.07, 6.45) is 1.05. The molecule has 2 rings (SSSR count). The molecule has 0 aliphatic heterocycles. The number of aromatic nitrogens is 2. The minimum atomic E-state index is -4.31. The van der Waals surface area contributed by atoms with E-state index in [1.807, 2.05) is 0 Å². The largest absolute Gasteiger partial charge is 0.411 e. The van der Waals surface area contributed by atoms with Gasteiger partial charge in [0.25, 0.3) is 0 Å². The molecule has 1 aliphatic rings. The third-order valence-electron chi connectivity index (χ3n) is 3.61. The van der Waals surface area contributed by atoms with Crippen molar-refractivity contribution in [1.82, 2.24) is 10.1 Å². The molecule has 1 heterocycles. The van der Waals surface area contributed by atoms with Gasteiger partial charge in [-0.1, -0.05) is 24.4 Å². The van der Waals surface area contributed by atoms with Gasteiger partial charge in [-0.25, -0.2) is 0 Å². The lowest BCUT2D eigenvalue weighted by molar-refractivity contribution is -0.173. The molecule has 1 aliphatic carbocycles. The van der Waals surface area contributed by atoms with E-state index in [1.165, 1.54) is 0 Å². The van der Waals surface area contributed by atoms with Crippen LogP contribution in [0.2, 0.25) is 0 Å². The molecule has 1 aromatic heterocycles. The monoisotopic (exact) mass is 307 g/mol. The van der Waals surface area contributed by atoms with Gasteiger partial charge in [0.15, 0.2) is 5.82 Å². The molecule has 2 N–H and O–H groups in total. The Bertz CT molecular complexity index is 437. The number of rotatable bonds is 5. The van der Waals surface area contributed by atoms with Crippen LogP contribution in [-0.2, 0) is 11.2 Å². The Hall–Kier alpha value is -1.15. The summed E-state index contributed by atoms with van der Waals surface area (Å²) >= 11 is 0. The zero-order valence-electron chi connectivity index (χ0n) is 11.7. The SMILES string of the molecule is NC1CCCCCC1c1nc(CCOCC(F)(F)F)no1. The maximum Gasteiger partial charge on any atom is 0.411 e. The van der Waals surface area contributed by atoms with Crippen LogP contribution in [0.25, 0.3) is 0 Å².